The molecule has 1 saturated carbocycles. The zero-order chi connectivity index (χ0) is 13.7. The van der Waals surface area contributed by atoms with E-state index in [1.165, 1.54) is 44.2 Å². The minimum absolute atomic E-state index is 0.650. The van der Waals surface area contributed by atoms with Gasteiger partial charge in [-0.1, -0.05) is 43.4 Å². The second-order valence-electron chi connectivity index (χ2n) is 5.57. The predicted octanol–water partition coefficient (Wildman–Crippen LogP) is 4.00. The van der Waals surface area contributed by atoms with Crippen molar-refractivity contribution in [2.24, 2.45) is 5.73 Å². The van der Waals surface area contributed by atoms with Crippen LogP contribution in [0.15, 0.2) is 18.2 Å². The van der Waals surface area contributed by atoms with E-state index in [1.807, 2.05) is 0 Å². The maximum absolute atomic E-state index is 6.34. The van der Waals surface area contributed by atoms with Crippen molar-refractivity contribution in [3.63, 3.8) is 0 Å². The van der Waals surface area contributed by atoms with Crippen molar-refractivity contribution >= 4 is 17.3 Å². The summed E-state index contributed by atoms with van der Waals surface area (Å²) >= 11 is 6.34. The van der Waals surface area contributed by atoms with E-state index in [4.69, 9.17) is 17.3 Å². The smallest absolute Gasteiger partial charge is 0.0459 e. The summed E-state index contributed by atoms with van der Waals surface area (Å²) in [5.41, 5.74) is 7.98. The lowest BCUT2D eigenvalue weighted by Gasteiger charge is -2.29. The Morgan fingerprint density at radius 3 is 2.47 bits per heavy atom. The van der Waals surface area contributed by atoms with Crippen LogP contribution < -0.4 is 10.6 Å². The van der Waals surface area contributed by atoms with E-state index in [-0.39, 0.29) is 0 Å². The molecule has 19 heavy (non-hydrogen) atoms. The molecule has 0 saturated heterocycles. The van der Waals surface area contributed by atoms with Crippen molar-refractivity contribution in [3.05, 3.63) is 28.8 Å². The molecule has 0 atom stereocenters. The van der Waals surface area contributed by atoms with Crippen molar-refractivity contribution in [2.45, 2.75) is 51.0 Å². The zero-order valence-corrected chi connectivity index (χ0v) is 12.6. The van der Waals surface area contributed by atoms with Gasteiger partial charge in [0.15, 0.2) is 0 Å². The molecule has 0 bridgehead atoms. The zero-order valence-electron chi connectivity index (χ0n) is 11.9. The summed E-state index contributed by atoms with van der Waals surface area (Å²) in [6, 6.07) is 7.07. The highest BCUT2D eigenvalue weighted by atomic mass is 35.5. The Morgan fingerprint density at radius 1 is 1.21 bits per heavy atom. The van der Waals surface area contributed by atoms with E-state index in [2.05, 4.69) is 30.1 Å². The van der Waals surface area contributed by atoms with E-state index in [0.29, 0.717) is 12.6 Å². The van der Waals surface area contributed by atoms with Gasteiger partial charge in [-0.2, -0.15) is 0 Å². The third kappa shape index (κ3) is 3.87. The molecule has 0 radical (unpaired) electrons. The van der Waals surface area contributed by atoms with Crippen molar-refractivity contribution in [2.75, 3.05) is 18.5 Å². The van der Waals surface area contributed by atoms with Gasteiger partial charge in [-0.05, 0) is 43.5 Å². The first-order valence-corrected chi connectivity index (χ1v) is 7.81. The van der Waals surface area contributed by atoms with Crippen molar-refractivity contribution in [1.82, 2.24) is 0 Å². The Balaban J connectivity index is 2.09. The molecule has 0 aliphatic heterocycles. The molecular formula is C16H25ClN2. The monoisotopic (exact) mass is 280 g/mol. The number of benzene rings is 1. The fourth-order valence-electron chi connectivity index (χ4n) is 2.97. The van der Waals surface area contributed by atoms with Gasteiger partial charge < -0.3 is 10.6 Å². The maximum atomic E-state index is 6.34. The predicted molar refractivity (Wildman–Crippen MR) is 84.1 cm³/mol. The van der Waals surface area contributed by atoms with E-state index < -0.39 is 0 Å². The number of nitrogens with two attached hydrogens (primary N) is 1. The summed E-state index contributed by atoms with van der Waals surface area (Å²) in [6.45, 7) is 0.650. The number of nitrogens with zero attached hydrogens (tertiary/aromatic N) is 1. The van der Waals surface area contributed by atoms with Gasteiger partial charge in [0.05, 0.1) is 0 Å². The average molecular weight is 281 g/mol. The molecule has 2 N–H and O–H groups in total. The Bertz CT molecular complexity index is 398. The first-order valence-electron chi connectivity index (χ1n) is 7.43. The lowest BCUT2D eigenvalue weighted by molar-refractivity contribution is 0.553. The third-order valence-electron chi connectivity index (χ3n) is 4.23. The molecule has 1 aromatic carbocycles. The number of hydrogen-bond donors (Lipinski definition) is 1. The highest BCUT2D eigenvalue weighted by Crippen LogP contribution is 2.28. The van der Waals surface area contributed by atoms with Crippen LogP contribution in [0.3, 0.4) is 0 Å². The lowest BCUT2D eigenvalue weighted by Crippen LogP contribution is -2.31. The number of hydrogen-bond acceptors (Lipinski definition) is 2. The molecule has 2 rings (SSSR count). The summed E-state index contributed by atoms with van der Waals surface area (Å²) < 4.78 is 0. The first-order chi connectivity index (χ1) is 9.22. The molecule has 3 heteroatoms. The van der Waals surface area contributed by atoms with E-state index in [9.17, 15) is 0 Å². The fraction of sp³-hybridized carbons (Fsp3) is 0.625. The van der Waals surface area contributed by atoms with Crippen LogP contribution in [0.1, 0.15) is 44.1 Å². The van der Waals surface area contributed by atoms with Crippen molar-refractivity contribution < 1.29 is 0 Å². The van der Waals surface area contributed by atoms with Crippen molar-refractivity contribution in [1.29, 1.82) is 0 Å². The summed E-state index contributed by atoms with van der Waals surface area (Å²) in [5.74, 6) is 0. The van der Waals surface area contributed by atoms with Gasteiger partial charge in [0, 0.05) is 23.8 Å². The molecule has 1 aromatic rings. The van der Waals surface area contributed by atoms with Crippen LogP contribution in [0.25, 0.3) is 0 Å². The summed E-state index contributed by atoms with van der Waals surface area (Å²) in [4.78, 5) is 2.41. The van der Waals surface area contributed by atoms with Gasteiger partial charge in [0.2, 0.25) is 0 Å². The van der Waals surface area contributed by atoms with Crippen LogP contribution in [-0.4, -0.2) is 19.6 Å². The minimum atomic E-state index is 0.650. The van der Waals surface area contributed by atoms with Gasteiger partial charge in [0.25, 0.3) is 0 Å². The van der Waals surface area contributed by atoms with Gasteiger partial charge in [-0.15, -0.1) is 0 Å². The fourth-order valence-corrected chi connectivity index (χ4v) is 3.24. The molecule has 0 unspecified atom stereocenters. The molecule has 0 heterocycles. The highest BCUT2D eigenvalue weighted by Gasteiger charge is 2.17. The van der Waals surface area contributed by atoms with Crippen molar-refractivity contribution in [3.8, 4) is 0 Å². The standard InChI is InChI=1S/C16H25ClN2/c1-19(14-6-4-2-3-5-7-14)15-9-8-13(10-11-18)16(17)12-15/h8-9,12,14H,2-7,10-11,18H2,1H3. The average Bonchev–Trinajstić information content (AvgIpc) is 2.69. The number of anilines is 1. The molecule has 2 nitrogen and oxygen atoms in total. The summed E-state index contributed by atoms with van der Waals surface area (Å²) in [6.07, 6.45) is 8.95. The molecular weight excluding hydrogens is 256 g/mol. The molecule has 1 aliphatic carbocycles. The van der Waals surface area contributed by atoms with E-state index >= 15 is 0 Å². The van der Waals surface area contributed by atoms with E-state index in [0.717, 1.165) is 17.0 Å². The van der Waals surface area contributed by atoms with Crippen LogP contribution in [0.4, 0.5) is 5.69 Å². The molecule has 106 valence electrons. The Morgan fingerprint density at radius 2 is 1.89 bits per heavy atom. The molecule has 1 fully saturated rings. The number of rotatable bonds is 4. The second kappa shape index (κ2) is 7.16. The van der Waals surface area contributed by atoms with E-state index in [1.54, 1.807) is 0 Å². The molecule has 1 aliphatic rings. The third-order valence-corrected chi connectivity index (χ3v) is 4.58. The first kappa shape index (κ1) is 14.7. The maximum Gasteiger partial charge on any atom is 0.0459 e. The number of halogens is 1. The Hall–Kier alpha value is -0.730. The van der Waals surface area contributed by atoms with Gasteiger partial charge >= 0.3 is 0 Å². The summed E-state index contributed by atoms with van der Waals surface area (Å²) in [5, 5.41) is 0.850. The molecule has 0 amide bonds. The van der Waals surface area contributed by atoms with Crippen LogP contribution in [0, 0.1) is 0 Å². The quantitative estimate of drug-likeness (QED) is 0.845. The van der Waals surface area contributed by atoms with Crippen LogP contribution in [0.2, 0.25) is 5.02 Å². The minimum Gasteiger partial charge on any atom is -0.372 e. The highest BCUT2D eigenvalue weighted by molar-refractivity contribution is 6.31. The molecule has 0 aromatic heterocycles. The van der Waals surface area contributed by atoms with Gasteiger partial charge in [-0.25, -0.2) is 0 Å². The topological polar surface area (TPSA) is 29.3 Å². The van der Waals surface area contributed by atoms with Crippen LogP contribution in [-0.2, 0) is 6.42 Å². The Labute approximate surface area is 121 Å². The van der Waals surface area contributed by atoms with Crippen LogP contribution in [0.5, 0.6) is 0 Å². The lowest BCUT2D eigenvalue weighted by atomic mass is 10.1. The SMILES string of the molecule is CN(c1ccc(CCN)c(Cl)c1)C1CCCCCC1. The van der Waals surface area contributed by atoms with Crippen LogP contribution >= 0.6 is 11.6 Å². The Kier molecular flexibility index (Phi) is 5.53. The normalized spacial score (nSPS) is 17.2. The van der Waals surface area contributed by atoms with Gasteiger partial charge in [0.1, 0.15) is 0 Å². The molecule has 0 spiro atoms. The second-order valence-corrected chi connectivity index (χ2v) is 5.98. The summed E-state index contributed by atoms with van der Waals surface area (Å²) in [7, 11) is 2.20. The largest absolute Gasteiger partial charge is 0.372 e. The van der Waals surface area contributed by atoms with Gasteiger partial charge in [-0.3, -0.25) is 0 Å².